The van der Waals surface area contributed by atoms with Crippen molar-refractivity contribution in [1.82, 2.24) is 9.78 Å². The van der Waals surface area contributed by atoms with Crippen LogP contribution in [-0.4, -0.2) is 15.6 Å². The average molecular weight is 297 g/mol. The molecule has 0 aliphatic carbocycles. The van der Waals surface area contributed by atoms with Crippen LogP contribution >= 0.6 is 22.9 Å². The first-order valence-corrected chi connectivity index (χ1v) is 7.64. The van der Waals surface area contributed by atoms with Crippen LogP contribution in [0.2, 0.25) is 5.02 Å². The molecule has 3 nitrogen and oxygen atoms in total. The van der Waals surface area contributed by atoms with Crippen molar-refractivity contribution in [2.75, 3.05) is 0 Å². The highest BCUT2D eigenvalue weighted by atomic mass is 35.5. The lowest BCUT2D eigenvalue weighted by Crippen LogP contribution is -2.13. The van der Waals surface area contributed by atoms with Gasteiger partial charge in [0, 0.05) is 17.3 Å². The second-order valence-electron chi connectivity index (χ2n) is 4.74. The number of hydrogen-bond donors (Lipinski definition) is 0. The number of aryl methyl sites for hydroxylation is 1. The number of thiophene rings is 1. The SMILES string of the molecule is CC(C)n1ncc(Cl)c1C(=O)CCCc1cccs1. The van der Waals surface area contributed by atoms with Gasteiger partial charge in [-0.1, -0.05) is 17.7 Å². The molecule has 5 heteroatoms. The fourth-order valence-corrected chi connectivity index (χ4v) is 2.98. The molecule has 102 valence electrons. The lowest BCUT2D eigenvalue weighted by atomic mass is 10.1. The number of halogens is 1. The zero-order valence-electron chi connectivity index (χ0n) is 11.1. The van der Waals surface area contributed by atoms with E-state index in [9.17, 15) is 4.79 Å². The van der Waals surface area contributed by atoms with E-state index in [4.69, 9.17) is 11.6 Å². The Balaban J connectivity index is 1.98. The second-order valence-corrected chi connectivity index (χ2v) is 6.17. The summed E-state index contributed by atoms with van der Waals surface area (Å²) in [7, 11) is 0. The molecule has 19 heavy (non-hydrogen) atoms. The molecule has 2 heterocycles. The molecule has 0 aliphatic heterocycles. The zero-order chi connectivity index (χ0) is 13.8. The van der Waals surface area contributed by atoms with Gasteiger partial charge in [-0.25, -0.2) is 0 Å². The third-order valence-corrected chi connectivity index (χ3v) is 4.12. The number of hydrogen-bond acceptors (Lipinski definition) is 3. The van der Waals surface area contributed by atoms with Gasteiger partial charge in [0.15, 0.2) is 5.78 Å². The summed E-state index contributed by atoms with van der Waals surface area (Å²) in [6.45, 7) is 3.98. The van der Waals surface area contributed by atoms with Gasteiger partial charge in [-0.05, 0) is 38.1 Å². The van der Waals surface area contributed by atoms with Crippen LogP contribution in [0.25, 0.3) is 0 Å². The second kappa shape index (κ2) is 6.35. The van der Waals surface area contributed by atoms with Crippen molar-refractivity contribution in [3.05, 3.63) is 39.3 Å². The summed E-state index contributed by atoms with van der Waals surface area (Å²) in [5, 5.41) is 6.67. The first-order chi connectivity index (χ1) is 9.09. The maximum atomic E-state index is 12.2. The van der Waals surface area contributed by atoms with Crippen LogP contribution in [0.4, 0.5) is 0 Å². The predicted octanol–water partition coefficient (Wildman–Crippen LogP) is 4.38. The van der Waals surface area contributed by atoms with E-state index >= 15 is 0 Å². The Kier molecular flexibility index (Phi) is 4.77. The Morgan fingerprint density at radius 1 is 1.53 bits per heavy atom. The van der Waals surface area contributed by atoms with Crippen molar-refractivity contribution in [3.63, 3.8) is 0 Å². The van der Waals surface area contributed by atoms with E-state index in [1.54, 1.807) is 22.2 Å². The van der Waals surface area contributed by atoms with Gasteiger partial charge in [-0.15, -0.1) is 11.3 Å². The number of ketones is 1. The van der Waals surface area contributed by atoms with Crippen molar-refractivity contribution >= 4 is 28.7 Å². The van der Waals surface area contributed by atoms with E-state index in [2.05, 4.69) is 16.5 Å². The van der Waals surface area contributed by atoms with Crippen LogP contribution in [0.1, 0.15) is 48.1 Å². The summed E-state index contributed by atoms with van der Waals surface area (Å²) >= 11 is 7.79. The zero-order valence-corrected chi connectivity index (χ0v) is 12.7. The minimum Gasteiger partial charge on any atom is -0.292 e. The third kappa shape index (κ3) is 3.45. The van der Waals surface area contributed by atoms with Gasteiger partial charge in [0.1, 0.15) is 5.69 Å². The molecular formula is C14H17ClN2OS. The van der Waals surface area contributed by atoms with Gasteiger partial charge in [0.2, 0.25) is 0 Å². The Bertz CT molecular complexity index is 546. The highest BCUT2D eigenvalue weighted by molar-refractivity contribution is 7.09. The molecule has 0 fully saturated rings. The minimum atomic E-state index is 0.0766. The quantitative estimate of drug-likeness (QED) is 0.741. The fraction of sp³-hybridized carbons (Fsp3) is 0.429. The van der Waals surface area contributed by atoms with Gasteiger partial charge in [0.05, 0.1) is 11.2 Å². The van der Waals surface area contributed by atoms with Gasteiger partial charge in [-0.2, -0.15) is 5.10 Å². The lowest BCUT2D eigenvalue weighted by Gasteiger charge is -2.10. The van der Waals surface area contributed by atoms with E-state index < -0.39 is 0 Å². The monoisotopic (exact) mass is 296 g/mol. The highest BCUT2D eigenvalue weighted by Crippen LogP contribution is 2.21. The Labute approximate surface area is 122 Å². The molecule has 0 radical (unpaired) electrons. The Morgan fingerprint density at radius 3 is 2.95 bits per heavy atom. The number of carbonyl (C=O) groups excluding carboxylic acids is 1. The topological polar surface area (TPSA) is 34.9 Å². The molecule has 0 bridgehead atoms. The van der Waals surface area contributed by atoms with Gasteiger partial charge in [0.25, 0.3) is 0 Å². The van der Waals surface area contributed by atoms with E-state index in [0.717, 1.165) is 12.8 Å². The number of aromatic nitrogens is 2. The summed E-state index contributed by atoms with van der Waals surface area (Å²) in [6.07, 6.45) is 3.85. The van der Waals surface area contributed by atoms with Gasteiger partial charge >= 0.3 is 0 Å². The normalized spacial score (nSPS) is 11.2. The van der Waals surface area contributed by atoms with Gasteiger partial charge < -0.3 is 0 Å². The van der Waals surface area contributed by atoms with E-state index in [1.807, 2.05) is 19.9 Å². The molecule has 0 atom stereocenters. The predicted molar refractivity (Wildman–Crippen MR) is 79.2 cm³/mol. The van der Waals surface area contributed by atoms with Crippen molar-refractivity contribution < 1.29 is 4.79 Å². The summed E-state index contributed by atoms with van der Waals surface area (Å²) in [5.74, 6) is 0.0766. The van der Waals surface area contributed by atoms with Crippen LogP contribution < -0.4 is 0 Å². The van der Waals surface area contributed by atoms with Crippen molar-refractivity contribution in [3.8, 4) is 0 Å². The molecule has 0 saturated carbocycles. The standard InChI is InChI=1S/C14H17ClN2OS/c1-10(2)17-14(12(15)9-16-17)13(18)7-3-5-11-6-4-8-19-11/h4,6,8-10H,3,5,7H2,1-2H3. The highest BCUT2D eigenvalue weighted by Gasteiger charge is 2.18. The summed E-state index contributed by atoms with van der Waals surface area (Å²) < 4.78 is 1.70. The minimum absolute atomic E-state index is 0.0766. The Hall–Kier alpha value is -1.13. The van der Waals surface area contributed by atoms with Crippen LogP contribution in [0, 0.1) is 0 Å². The third-order valence-electron chi connectivity index (χ3n) is 2.91. The molecule has 2 rings (SSSR count). The molecule has 0 amide bonds. The lowest BCUT2D eigenvalue weighted by molar-refractivity contribution is 0.0968. The number of Topliss-reactive ketones (excluding diaryl/α,β-unsaturated/α-hetero) is 1. The first kappa shape index (κ1) is 14.3. The Morgan fingerprint density at radius 2 is 2.32 bits per heavy atom. The summed E-state index contributed by atoms with van der Waals surface area (Å²) in [6, 6.07) is 4.27. The number of carbonyl (C=O) groups is 1. The van der Waals surface area contributed by atoms with Gasteiger partial charge in [-0.3, -0.25) is 9.48 Å². The molecule has 0 aliphatic rings. The van der Waals surface area contributed by atoms with Crippen molar-refractivity contribution in [2.24, 2.45) is 0 Å². The van der Waals surface area contributed by atoms with E-state index in [1.165, 1.54) is 4.88 Å². The maximum absolute atomic E-state index is 12.2. The average Bonchev–Trinajstić information content (AvgIpc) is 2.98. The first-order valence-electron chi connectivity index (χ1n) is 6.38. The number of rotatable bonds is 6. The van der Waals surface area contributed by atoms with Crippen LogP contribution in [0.3, 0.4) is 0 Å². The molecule has 0 saturated heterocycles. The molecule has 0 aromatic carbocycles. The fourth-order valence-electron chi connectivity index (χ4n) is 1.99. The largest absolute Gasteiger partial charge is 0.292 e. The van der Waals surface area contributed by atoms with Crippen LogP contribution in [0.15, 0.2) is 23.7 Å². The number of nitrogens with zero attached hydrogens (tertiary/aromatic N) is 2. The molecule has 2 aromatic heterocycles. The molecular weight excluding hydrogens is 280 g/mol. The summed E-state index contributed by atoms with van der Waals surface area (Å²) in [5.41, 5.74) is 0.544. The molecule has 0 unspecified atom stereocenters. The van der Waals surface area contributed by atoms with E-state index in [-0.39, 0.29) is 11.8 Å². The van der Waals surface area contributed by atoms with Crippen molar-refractivity contribution in [2.45, 2.75) is 39.2 Å². The van der Waals surface area contributed by atoms with Crippen LogP contribution in [0.5, 0.6) is 0 Å². The van der Waals surface area contributed by atoms with Crippen LogP contribution in [-0.2, 0) is 6.42 Å². The molecule has 0 spiro atoms. The molecule has 2 aromatic rings. The maximum Gasteiger partial charge on any atom is 0.182 e. The smallest absolute Gasteiger partial charge is 0.182 e. The van der Waals surface area contributed by atoms with E-state index in [0.29, 0.717) is 17.1 Å². The molecule has 0 N–H and O–H groups in total. The van der Waals surface area contributed by atoms with Crippen molar-refractivity contribution in [1.29, 1.82) is 0 Å². The summed E-state index contributed by atoms with van der Waals surface area (Å²) in [4.78, 5) is 13.6.